The largest absolute Gasteiger partial charge is 0.465 e. The van der Waals surface area contributed by atoms with Gasteiger partial charge in [0.1, 0.15) is 5.60 Å². The summed E-state index contributed by atoms with van der Waals surface area (Å²) in [5, 5.41) is 9.08. The van der Waals surface area contributed by atoms with E-state index in [1.165, 1.54) is 0 Å². The fourth-order valence-electron chi connectivity index (χ4n) is 7.45. The second-order valence-corrected chi connectivity index (χ2v) is 12.1. The number of hydrogen-bond donors (Lipinski definition) is 1. The predicted octanol–water partition coefficient (Wildman–Crippen LogP) is 3.84. The third kappa shape index (κ3) is 4.34. The van der Waals surface area contributed by atoms with Crippen LogP contribution in [0.5, 0.6) is 0 Å². The first-order valence-corrected chi connectivity index (χ1v) is 12.7. The van der Waals surface area contributed by atoms with Crippen molar-refractivity contribution in [1.29, 1.82) is 0 Å². The van der Waals surface area contributed by atoms with E-state index in [1.807, 2.05) is 27.7 Å². The Hall–Kier alpha value is -1.14. The summed E-state index contributed by atoms with van der Waals surface area (Å²) >= 11 is 0. The van der Waals surface area contributed by atoms with E-state index in [1.54, 1.807) is 0 Å². The summed E-state index contributed by atoms with van der Waals surface area (Å²) < 4.78 is 17.7. The van der Waals surface area contributed by atoms with Gasteiger partial charge in [-0.05, 0) is 87.9 Å². The highest BCUT2D eigenvalue weighted by Gasteiger charge is 2.63. The molecule has 182 valence electrons. The van der Waals surface area contributed by atoms with Crippen LogP contribution in [0.2, 0.25) is 0 Å². The zero-order valence-electron chi connectivity index (χ0n) is 20.6. The molecule has 0 spiro atoms. The van der Waals surface area contributed by atoms with E-state index in [-0.39, 0.29) is 48.5 Å². The van der Waals surface area contributed by atoms with Crippen LogP contribution in [0.1, 0.15) is 67.2 Å². The molecule has 2 heterocycles. The number of hydrogen-bond acceptors (Lipinski definition) is 6. The number of carbonyl (C=O) groups is 2. The van der Waals surface area contributed by atoms with E-state index in [9.17, 15) is 9.59 Å². The van der Waals surface area contributed by atoms with E-state index in [2.05, 4.69) is 13.8 Å². The summed E-state index contributed by atoms with van der Waals surface area (Å²) in [5.74, 6) is 2.40. The number of fused-ring (bicyclic) bond motifs is 4. The van der Waals surface area contributed by atoms with Gasteiger partial charge in [0.25, 0.3) is 0 Å². The molecule has 4 rings (SSSR count). The number of aliphatic hydroxyl groups is 1. The van der Waals surface area contributed by atoms with Crippen molar-refractivity contribution in [2.75, 3.05) is 13.2 Å². The molecule has 4 aliphatic rings. The Labute approximate surface area is 192 Å². The molecule has 4 bridgehead atoms. The van der Waals surface area contributed by atoms with Gasteiger partial charge in [-0.1, -0.05) is 20.8 Å². The molecule has 0 amide bonds. The first-order chi connectivity index (χ1) is 15.0. The topological polar surface area (TPSA) is 82.1 Å². The first-order valence-electron chi connectivity index (χ1n) is 12.7. The van der Waals surface area contributed by atoms with Gasteiger partial charge >= 0.3 is 11.9 Å². The Balaban J connectivity index is 1.41. The first kappa shape index (κ1) is 24.0. The van der Waals surface area contributed by atoms with Crippen LogP contribution in [0.25, 0.3) is 0 Å². The number of esters is 2. The lowest BCUT2D eigenvalue weighted by Crippen LogP contribution is -2.45. The van der Waals surface area contributed by atoms with E-state index in [0.29, 0.717) is 48.5 Å². The van der Waals surface area contributed by atoms with E-state index in [0.717, 1.165) is 19.3 Å². The molecule has 0 aromatic carbocycles. The third-order valence-corrected chi connectivity index (χ3v) is 8.85. The summed E-state index contributed by atoms with van der Waals surface area (Å²) in [6.45, 7) is 12.8. The molecule has 2 aliphatic heterocycles. The Bertz CT molecular complexity index is 712. The molecule has 32 heavy (non-hydrogen) atoms. The molecule has 0 aromatic rings. The molecule has 4 fully saturated rings. The van der Waals surface area contributed by atoms with Crippen LogP contribution in [-0.2, 0) is 23.8 Å². The molecule has 6 heteroatoms. The zero-order valence-corrected chi connectivity index (χ0v) is 20.6. The van der Waals surface area contributed by atoms with Crippen LogP contribution in [0.3, 0.4) is 0 Å². The van der Waals surface area contributed by atoms with E-state index in [4.69, 9.17) is 19.3 Å². The second kappa shape index (κ2) is 8.90. The molecule has 6 nitrogen and oxygen atoms in total. The van der Waals surface area contributed by atoms with Gasteiger partial charge in [-0.15, -0.1) is 0 Å². The van der Waals surface area contributed by atoms with Crippen LogP contribution >= 0.6 is 0 Å². The third-order valence-electron chi connectivity index (χ3n) is 8.85. The van der Waals surface area contributed by atoms with Crippen LogP contribution in [0.15, 0.2) is 0 Å². The average molecular weight is 451 g/mol. The molecule has 11 unspecified atom stereocenters. The number of rotatable bonds is 7. The lowest BCUT2D eigenvalue weighted by molar-refractivity contribution is -0.163. The lowest BCUT2D eigenvalue weighted by Gasteiger charge is -2.42. The highest BCUT2D eigenvalue weighted by Crippen LogP contribution is 2.63. The minimum Gasteiger partial charge on any atom is -0.465 e. The molecule has 0 aromatic heterocycles. The standard InChI is InChI=1S/C26H42O6/c1-13(7-8-27)12-30-24(28)19-11-20-15(3)22(23(19)31-20)21-14(2)17-9-16(21)10-18(17)25(29)32-26(4,5)6/h13-23,27H,7-12H2,1-6H3. The van der Waals surface area contributed by atoms with Crippen molar-refractivity contribution in [3.63, 3.8) is 0 Å². The maximum absolute atomic E-state index is 12.9. The Kier molecular flexibility index (Phi) is 6.68. The maximum atomic E-state index is 12.9. The van der Waals surface area contributed by atoms with Gasteiger partial charge in [-0.25, -0.2) is 0 Å². The SMILES string of the molecule is CC(CCO)COC(=O)C1CC2OC1C(C1C3CC(C(=O)OC(C)(C)C)C(C3)C1C)C2C. The highest BCUT2D eigenvalue weighted by atomic mass is 16.6. The molecule has 1 N–H and O–H groups in total. The van der Waals surface area contributed by atoms with Crippen molar-refractivity contribution >= 4 is 11.9 Å². The average Bonchev–Trinajstić information content (AvgIpc) is 3.44. The molecule has 2 aliphatic carbocycles. The Morgan fingerprint density at radius 1 is 1.03 bits per heavy atom. The summed E-state index contributed by atoms with van der Waals surface area (Å²) in [6.07, 6.45) is 3.45. The number of ether oxygens (including phenoxy) is 3. The van der Waals surface area contributed by atoms with Crippen molar-refractivity contribution in [3.05, 3.63) is 0 Å². The smallest absolute Gasteiger partial charge is 0.311 e. The van der Waals surface area contributed by atoms with Crippen molar-refractivity contribution in [2.24, 2.45) is 53.3 Å². The Morgan fingerprint density at radius 2 is 1.75 bits per heavy atom. The van der Waals surface area contributed by atoms with Crippen LogP contribution in [-0.4, -0.2) is 48.1 Å². The predicted molar refractivity (Wildman–Crippen MR) is 119 cm³/mol. The molecular weight excluding hydrogens is 408 g/mol. The molecule has 0 radical (unpaired) electrons. The van der Waals surface area contributed by atoms with Gasteiger partial charge < -0.3 is 19.3 Å². The summed E-state index contributed by atoms with van der Waals surface area (Å²) in [6, 6.07) is 0. The fraction of sp³-hybridized carbons (Fsp3) is 0.923. The summed E-state index contributed by atoms with van der Waals surface area (Å²) in [7, 11) is 0. The molecule has 2 saturated carbocycles. The second-order valence-electron chi connectivity index (χ2n) is 12.1. The number of carbonyl (C=O) groups excluding carboxylic acids is 2. The van der Waals surface area contributed by atoms with Crippen molar-refractivity contribution in [3.8, 4) is 0 Å². The number of aliphatic hydroxyl groups excluding tert-OH is 1. The Morgan fingerprint density at radius 3 is 2.34 bits per heavy atom. The lowest BCUT2D eigenvalue weighted by atomic mass is 9.61. The fourth-order valence-corrected chi connectivity index (χ4v) is 7.45. The zero-order chi connectivity index (χ0) is 23.4. The maximum Gasteiger partial charge on any atom is 0.311 e. The minimum atomic E-state index is -0.448. The van der Waals surface area contributed by atoms with Gasteiger partial charge in [-0.3, -0.25) is 9.59 Å². The van der Waals surface area contributed by atoms with Gasteiger partial charge in [0.05, 0.1) is 30.7 Å². The van der Waals surface area contributed by atoms with Gasteiger partial charge in [0, 0.05) is 6.61 Å². The van der Waals surface area contributed by atoms with Crippen molar-refractivity contribution < 1.29 is 28.9 Å². The monoisotopic (exact) mass is 450 g/mol. The van der Waals surface area contributed by atoms with Gasteiger partial charge in [0.2, 0.25) is 0 Å². The highest BCUT2D eigenvalue weighted by molar-refractivity contribution is 5.74. The van der Waals surface area contributed by atoms with Crippen LogP contribution < -0.4 is 0 Å². The van der Waals surface area contributed by atoms with E-state index < -0.39 is 5.60 Å². The molecule has 11 atom stereocenters. The van der Waals surface area contributed by atoms with Crippen molar-refractivity contribution in [1.82, 2.24) is 0 Å². The molecular formula is C26H42O6. The summed E-state index contributed by atoms with van der Waals surface area (Å²) in [4.78, 5) is 25.7. The molecule has 2 saturated heterocycles. The van der Waals surface area contributed by atoms with Gasteiger partial charge in [-0.2, -0.15) is 0 Å². The van der Waals surface area contributed by atoms with E-state index >= 15 is 0 Å². The van der Waals surface area contributed by atoms with Gasteiger partial charge in [0.15, 0.2) is 0 Å². The minimum absolute atomic E-state index is 0.00839. The summed E-state index contributed by atoms with van der Waals surface area (Å²) in [5.41, 5.74) is -0.448. The quantitative estimate of drug-likeness (QED) is 0.594. The van der Waals surface area contributed by atoms with Crippen LogP contribution in [0, 0.1) is 53.3 Å². The normalized spacial score (nSPS) is 43.5. The van der Waals surface area contributed by atoms with Crippen molar-refractivity contribution in [2.45, 2.75) is 85.0 Å². The van der Waals surface area contributed by atoms with Crippen LogP contribution in [0.4, 0.5) is 0 Å².